The Kier molecular flexibility index (Phi) is 7.38. The van der Waals surface area contributed by atoms with E-state index in [1.165, 1.54) is 6.33 Å². The van der Waals surface area contributed by atoms with E-state index in [0.29, 0.717) is 51.6 Å². The van der Waals surface area contributed by atoms with Gasteiger partial charge in [0.2, 0.25) is 10.0 Å². The summed E-state index contributed by atoms with van der Waals surface area (Å²) < 4.78 is 27.9. The van der Waals surface area contributed by atoms with E-state index in [1.807, 2.05) is 29.8 Å². The molecular weight excluding hydrogens is 549 g/mol. The molecule has 3 N–H and O–H groups in total. The van der Waals surface area contributed by atoms with Crippen molar-refractivity contribution in [2.75, 3.05) is 24.7 Å². The number of aryl methyl sites for hydroxylation is 1. The Balaban J connectivity index is 1.52. The number of aromatic nitrogens is 4. The molecule has 0 bridgehead atoms. The van der Waals surface area contributed by atoms with Crippen molar-refractivity contribution in [3.63, 3.8) is 0 Å². The number of carbonyl (C=O) groups is 1. The van der Waals surface area contributed by atoms with Crippen molar-refractivity contribution in [3.8, 4) is 0 Å². The molecule has 4 aromatic rings. The minimum absolute atomic E-state index is 0.137. The number of hydrogen-bond acceptors (Lipinski definition) is 8. The molecule has 0 saturated carbocycles. The molecule has 0 radical (unpaired) electrons. The average molecular weight is 574 g/mol. The van der Waals surface area contributed by atoms with Crippen molar-refractivity contribution in [2.24, 2.45) is 7.05 Å². The molecule has 2 unspecified atom stereocenters. The average Bonchev–Trinajstić information content (AvgIpc) is 3.50. The highest BCUT2D eigenvalue weighted by molar-refractivity contribution is 7.88. The van der Waals surface area contributed by atoms with Crippen molar-refractivity contribution >= 4 is 66.8 Å². The van der Waals surface area contributed by atoms with Gasteiger partial charge in [-0.3, -0.25) is 4.79 Å². The van der Waals surface area contributed by atoms with E-state index in [0.717, 1.165) is 11.8 Å². The standard InChI is InChI=1S/C25H25Cl2N7O3S/c1-34-22-6-5-14(26)10-21(22)33-25(34)19(7-9-31-38(2,36)37)32-24-16-11-17(27)15(12-20(16)29-13-30-24)23(35)18-4-3-8-28-18/h3-6,10-13,18-19,28,31H,7-9H2,1-2H3,(H,29,30,32). The maximum atomic E-state index is 13.0. The largest absolute Gasteiger partial charge is 0.359 e. The zero-order valence-corrected chi connectivity index (χ0v) is 22.9. The summed E-state index contributed by atoms with van der Waals surface area (Å²) >= 11 is 12.7. The molecule has 0 saturated heterocycles. The zero-order chi connectivity index (χ0) is 27.0. The first-order valence-corrected chi connectivity index (χ1v) is 14.5. The van der Waals surface area contributed by atoms with Crippen LogP contribution < -0.4 is 15.4 Å². The second kappa shape index (κ2) is 10.6. The number of rotatable bonds is 9. The quantitative estimate of drug-likeness (QED) is 0.204. The van der Waals surface area contributed by atoms with Gasteiger partial charge in [0, 0.05) is 36.1 Å². The highest BCUT2D eigenvalue weighted by Gasteiger charge is 2.24. The van der Waals surface area contributed by atoms with Gasteiger partial charge in [-0.1, -0.05) is 35.4 Å². The first-order valence-electron chi connectivity index (χ1n) is 11.8. The van der Waals surface area contributed by atoms with Gasteiger partial charge in [0.25, 0.3) is 0 Å². The second-order valence-electron chi connectivity index (χ2n) is 9.06. The van der Waals surface area contributed by atoms with Crippen LogP contribution in [0.5, 0.6) is 0 Å². The SMILES string of the molecule is Cn1c(C(CCNS(C)(=O)=O)Nc2ncnc3cc(C(=O)C4C=CCN4)c(Cl)cc23)nc2cc(Cl)ccc21. The van der Waals surface area contributed by atoms with E-state index in [2.05, 4.69) is 25.3 Å². The van der Waals surface area contributed by atoms with E-state index in [4.69, 9.17) is 28.2 Å². The van der Waals surface area contributed by atoms with Gasteiger partial charge in [0.1, 0.15) is 18.0 Å². The number of nitrogens with one attached hydrogen (secondary N) is 3. The lowest BCUT2D eigenvalue weighted by Gasteiger charge is -2.20. The van der Waals surface area contributed by atoms with E-state index in [9.17, 15) is 13.2 Å². The minimum Gasteiger partial charge on any atom is -0.359 e. The summed E-state index contributed by atoms with van der Waals surface area (Å²) in [4.78, 5) is 26.5. The molecule has 1 aliphatic rings. The number of anilines is 1. The maximum Gasteiger partial charge on any atom is 0.208 e. The third-order valence-corrected chi connectivity index (χ3v) is 7.63. The fourth-order valence-electron chi connectivity index (χ4n) is 4.52. The summed E-state index contributed by atoms with van der Waals surface area (Å²) in [5, 5.41) is 7.98. The predicted molar refractivity (Wildman–Crippen MR) is 149 cm³/mol. The van der Waals surface area contributed by atoms with Crippen LogP contribution in [-0.4, -0.2) is 59.1 Å². The van der Waals surface area contributed by atoms with Crippen molar-refractivity contribution in [1.82, 2.24) is 29.6 Å². The van der Waals surface area contributed by atoms with Crippen LogP contribution in [0.4, 0.5) is 5.82 Å². The van der Waals surface area contributed by atoms with Crippen LogP contribution in [-0.2, 0) is 17.1 Å². The van der Waals surface area contributed by atoms with Crippen molar-refractivity contribution in [3.05, 3.63) is 70.2 Å². The van der Waals surface area contributed by atoms with E-state index >= 15 is 0 Å². The number of nitrogens with zero attached hydrogens (tertiary/aromatic N) is 4. The number of benzene rings is 2. The smallest absolute Gasteiger partial charge is 0.208 e. The normalized spacial score (nSPS) is 16.4. The topological polar surface area (TPSA) is 131 Å². The Labute approximate surface area is 229 Å². The van der Waals surface area contributed by atoms with Crippen molar-refractivity contribution in [2.45, 2.75) is 18.5 Å². The Hall–Kier alpha value is -3.09. The number of imidazole rings is 1. The second-order valence-corrected chi connectivity index (χ2v) is 11.7. The van der Waals surface area contributed by atoms with Gasteiger partial charge in [-0.2, -0.15) is 0 Å². The van der Waals surface area contributed by atoms with Gasteiger partial charge in [0.15, 0.2) is 5.78 Å². The Bertz CT molecular complexity index is 1690. The summed E-state index contributed by atoms with van der Waals surface area (Å²) in [7, 11) is -1.50. The Morgan fingerprint density at radius 1 is 1.21 bits per heavy atom. The van der Waals surface area contributed by atoms with Gasteiger partial charge < -0.3 is 15.2 Å². The lowest BCUT2D eigenvalue weighted by Crippen LogP contribution is -2.31. The Morgan fingerprint density at radius 3 is 2.76 bits per heavy atom. The molecule has 0 aliphatic carbocycles. The molecule has 2 atom stereocenters. The lowest BCUT2D eigenvalue weighted by molar-refractivity contribution is 0.0968. The number of fused-ring (bicyclic) bond motifs is 2. The van der Waals surface area contributed by atoms with Crippen LogP contribution in [0.3, 0.4) is 0 Å². The van der Waals surface area contributed by atoms with E-state index in [-0.39, 0.29) is 17.4 Å². The van der Waals surface area contributed by atoms with Crippen LogP contribution in [0, 0.1) is 0 Å². The van der Waals surface area contributed by atoms with Crippen molar-refractivity contribution < 1.29 is 13.2 Å². The van der Waals surface area contributed by atoms with Gasteiger partial charge in [0.05, 0.1) is 39.9 Å². The molecule has 38 heavy (non-hydrogen) atoms. The first kappa shape index (κ1) is 26.5. The number of hydrogen-bond donors (Lipinski definition) is 3. The molecule has 2 aromatic heterocycles. The fourth-order valence-corrected chi connectivity index (χ4v) is 5.43. The highest BCUT2D eigenvalue weighted by atomic mass is 35.5. The number of carbonyl (C=O) groups excluding carboxylic acids is 1. The molecule has 13 heteroatoms. The number of halogens is 2. The van der Waals surface area contributed by atoms with Crippen LogP contribution >= 0.6 is 23.2 Å². The number of sulfonamides is 1. The van der Waals surface area contributed by atoms with Crippen molar-refractivity contribution in [1.29, 1.82) is 0 Å². The lowest BCUT2D eigenvalue weighted by atomic mass is 10.0. The minimum atomic E-state index is -3.38. The van der Waals surface area contributed by atoms with Gasteiger partial charge in [-0.05, 0) is 36.8 Å². The first-order chi connectivity index (χ1) is 18.1. The molecule has 198 valence electrons. The van der Waals surface area contributed by atoms with Crippen LogP contribution in [0.25, 0.3) is 21.9 Å². The number of Topliss-reactive ketones (excluding diaryl/α,β-unsaturated/α-hetero) is 1. The Morgan fingerprint density at radius 2 is 2.03 bits per heavy atom. The van der Waals surface area contributed by atoms with E-state index in [1.54, 1.807) is 24.3 Å². The zero-order valence-electron chi connectivity index (χ0n) is 20.6. The highest BCUT2D eigenvalue weighted by Crippen LogP contribution is 2.32. The molecule has 10 nitrogen and oxygen atoms in total. The molecule has 0 fully saturated rings. The van der Waals surface area contributed by atoms with Crippen LogP contribution in [0.15, 0.2) is 48.8 Å². The summed E-state index contributed by atoms with van der Waals surface area (Å²) in [5.74, 6) is 1.01. The third kappa shape index (κ3) is 5.52. The third-order valence-electron chi connectivity index (χ3n) is 6.35. The molecule has 0 amide bonds. The predicted octanol–water partition coefficient (Wildman–Crippen LogP) is 3.63. The molecule has 3 heterocycles. The summed E-state index contributed by atoms with van der Waals surface area (Å²) in [6.45, 7) is 0.798. The number of ketones is 1. The molecule has 0 spiro atoms. The molecule has 2 aromatic carbocycles. The van der Waals surface area contributed by atoms with Crippen LogP contribution in [0.1, 0.15) is 28.6 Å². The molecule has 5 rings (SSSR count). The summed E-state index contributed by atoms with van der Waals surface area (Å²) in [6, 6.07) is 7.92. The summed E-state index contributed by atoms with van der Waals surface area (Å²) in [5.41, 5.74) is 2.50. The molecule has 1 aliphatic heterocycles. The van der Waals surface area contributed by atoms with Crippen LogP contribution in [0.2, 0.25) is 10.0 Å². The summed E-state index contributed by atoms with van der Waals surface area (Å²) in [6.07, 6.45) is 6.60. The van der Waals surface area contributed by atoms with E-state index < -0.39 is 22.1 Å². The van der Waals surface area contributed by atoms with Gasteiger partial charge >= 0.3 is 0 Å². The molecular formula is C25H25Cl2N7O3S. The maximum absolute atomic E-state index is 13.0. The monoisotopic (exact) mass is 573 g/mol. The van der Waals surface area contributed by atoms with Gasteiger partial charge in [-0.15, -0.1) is 0 Å². The van der Waals surface area contributed by atoms with Gasteiger partial charge in [-0.25, -0.2) is 28.1 Å². The fraction of sp³-hybridized carbons (Fsp3) is 0.280.